The van der Waals surface area contributed by atoms with E-state index in [0.29, 0.717) is 39.3 Å². The molecular formula is C102H142B4Br4O26. The number of rotatable bonds is 9. The first-order valence-corrected chi connectivity index (χ1v) is 51.1. The molecule has 136 heavy (non-hydrogen) atoms. The molecule has 0 aliphatic carbocycles. The monoisotopic (exact) mass is 2140 g/mol. The Morgan fingerprint density at radius 2 is 0.382 bits per heavy atom. The van der Waals surface area contributed by atoms with Gasteiger partial charge in [0.2, 0.25) is 0 Å². The summed E-state index contributed by atoms with van der Waals surface area (Å²) in [5.74, 6) is -2.00. The smallest absolute Gasteiger partial charge is 0.405 e. The molecule has 0 aromatic heterocycles. The van der Waals surface area contributed by atoms with Crippen LogP contribution in [0, 0.1) is 0 Å². The second-order valence-electron chi connectivity index (χ2n) is 43.4. The van der Waals surface area contributed by atoms with E-state index in [1.165, 1.54) is 11.1 Å². The molecule has 4 N–H and O–H groups in total. The number of aliphatic hydroxyl groups excluding tert-OH is 4. The Balaban J connectivity index is 0.000000128. The summed E-state index contributed by atoms with van der Waals surface area (Å²) in [5.41, 5.74) is 6.07. The van der Waals surface area contributed by atoms with Crippen molar-refractivity contribution in [3.05, 3.63) is 197 Å². The molecule has 18 atom stereocenters. The van der Waals surface area contributed by atoms with Crippen molar-refractivity contribution >= 4 is 103 Å². The van der Waals surface area contributed by atoms with Gasteiger partial charge in [-0.1, -0.05) is 161 Å². The van der Waals surface area contributed by atoms with Gasteiger partial charge >= 0.3 is 28.3 Å². The normalized spacial score (nSPS) is 33.5. The van der Waals surface area contributed by atoms with E-state index >= 15 is 0 Å². The second kappa shape index (κ2) is 42.9. The standard InChI is InChI=1S/2C20H29BO5.2C14H17BrO3.C12H24B2O4.2C11H13BrO3/c2*1-18(2)19(3,4)26-21(25-18)14-9-7-13(8-10-14)15-11-16-17(12-22-15)24-20(5,6)23-16;2*1-14(2)17-12-7-11(16-8-13(12)18-14)9-3-5-10(15)6-4-9;1-9(2)10(3,4)16-13(15-9)14-17-11(5,6)12(7,8)18-14;2*12-8-3-1-7(2-4-8)11-5-9(13)10(14)6-15-11/h2*7-10,15-17H,11-12H2,1-6H3;2*3-6,11-13H,7-8H2,1-2H3;1-8H3;2*1-4,9-11,13-14H,5-6H2/t2*15-,16+,17-;2*11-,12+,13-;;2*9-,10+,11+/m1010.10/s1. The lowest BCUT2D eigenvalue weighted by molar-refractivity contribution is -0.146. The number of hydrogen-bond donors (Lipinski definition) is 4. The predicted octanol–water partition coefficient (Wildman–Crippen LogP) is 18.3. The van der Waals surface area contributed by atoms with Crippen molar-refractivity contribution in [2.75, 3.05) is 39.6 Å². The highest BCUT2D eigenvalue weighted by Crippen LogP contribution is 2.48. The van der Waals surface area contributed by atoms with Gasteiger partial charge in [-0.2, -0.15) is 0 Å². The van der Waals surface area contributed by atoms with Crippen molar-refractivity contribution in [3.63, 3.8) is 0 Å². The molecule has 0 unspecified atom stereocenters. The van der Waals surface area contributed by atoms with E-state index in [1.54, 1.807) is 0 Å². The van der Waals surface area contributed by atoms with Gasteiger partial charge in [-0.15, -0.1) is 0 Å². The van der Waals surface area contributed by atoms with Crippen LogP contribution < -0.4 is 10.9 Å². The van der Waals surface area contributed by atoms with Crippen LogP contribution in [0.25, 0.3) is 0 Å². The maximum Gasteiger partial charge on any atom is 0.494 e. The van der Waals surface area contributed by atoms with E-state index in [9.17, 15) is 20.4 Å². The van der Waals surface area contributed by atoms with Crippen molar-refractivity contribution in [1.29, 1.82) is 0 Å². The Morgan fingerprint density at radius 3 is 0.581 bits per heavy atom. The average molecular weight is 2150 g/mol. The van der Waals surface area contributed by atoms with Crippen LogP contribution >= 0.6 is 63.7 Å². The van der Waals surface area contributed by atoms with Crippen LogP contribution in [0.3, 0.4) is 0 Å². The predicted molar refractivity (Wildman–Crippen MR) is 532 cm³/mol. The molecule has 34 heteroatoms. The summed E-state index contributed by atoms with van der Waals surface area (Å²) < 4.78 is 135. The number of halogens is 4. The Kier molecular flexibility index (Phi) is 34.1. The first-order valence-electron chi connectivity index (χ1n) is 47.9. The van der Waals surface area contributed by atoms with Crippen LogP contribution in [0.2, 0.25) is 0 Å². The zero-order chi connectivity index (χ0) is 98.6. The molecule has 6 aromatic rings. The highest BCUT2D eigenvalue weighted by molar-refractivity contribution is 9.11. The molecule has 0 amide bonds. The Bertz CT molecular complexity index is 4520. The van der Waals surface area contributed by atoms with Gasteiger partial charge in [-0.25, -0.2) is 0 Å². The zero-order valence-corrected chi connectivity index (χ0v) is 89.7. The van der Waals surface area contributed by atoms with E-state index in [2.05, 4.69) is 192 Å². The first-order chi connectivity index (χ1) is 63.4. The summed E-state index contributed by atoms with van der Waals surface area (Å²) in [6.45, 7) is 51.2. The number of benzene rings is 6. The van der Waals surface area contributed by atoms with Crippen molar-refractivity contribution < 1.29 is 124 Å². The molecule has 6 aromatic carbocycles. The van der Waals surface area contributed by atoms with E-state index in [4.69, 9.17) is 104 Å². The summed E-state index contributed by atoms with van der Waals surface area (Å²) in [7, 11) is -1.62. The van der Waals surface area contributed by atoms with Crippen molar-refractivity contribution in [2.45, 2.75) is 383 Å². The van der Waals surface area contributed by atoms with Gasteiger partial charge < -0.3 is 124 Å². The number of aliphatic hydroxyl groups is 4. The fraction of sp³-hybridized carbons (Fsp3) is 0.647. The number of ether oxygens (including phenoxy) is 14. The maximum absolute atomic E-state index is 9.52. The minimum absolute atomic E-state index is 0.0288. The van der Waals surface area contributed by atoms with Gasteiger partial charge in [0, 0.05) is 56.4 Å². The average Bonchev–Trinajstić information content (AvgIpc) is 1.59. The molecule has 26 nitrogen and oxygen atoms in total. The summed E-state index contributed by atoms with van der Waals surface area (Å²) in [6, 6.07) is 48.8. The minimum Gasteiger partial charge on any atom is -0.405 e. The lowest BCUT2D eigenvalue weighted by atomic mass is 9.49. The highest BCUT2D eigenvalue weighted by Gasteiger charge is 2.64. The third-order valence-corrected chi connectivity index (χ3v) is 31.0. The summed E-state index contributed by atoms with van der Waals surface area (Å²) in [6.07, 6.45) is 2.07. The van der Waals surface area contributed by atoms with E-state index in [-0.39, 0.29) is 158 Å². The van der Waals surface area contributed by atoms with Crippen LogP contribution in [-0.4, -0.2) is 230 Å². The SMILES string of the molecule is CC1(C)OB(B2OC(C)(C)C(C)(C)O2)OC1(C)C.CC1(C)O[C@H]2CO[C@H](c3ccc(B4OC(C)(C)C(C)(C)O4)cc3)C[C@H]2O1.CC1(C)O[C@H]2CO[C@H](c3ccc(Br)cc3)C[C@H]2O1.CC1(C)O[C@H]2C[C@H](c3ccc(B4OC(C)(C)C(C)(C)O4)cc3)OC[C@H]2O1.CC1(C)O[C@H]2C[C@H](c3ccc(Br)cc3)OC[C@H]2O1.O[C@@H]1CO[C@@H](c2ccc(Br)cc2)C[C@@H]1O.O[C@@H]1C[C@@H](c2ccc(Br)cc2)OC[C@@H]1O. The molecule has 14 fully saturated rings. The fourth-order valence-electron chi connectivity index (χ4n) is 18.3. The van der Waals surface area contributed by atoms with Crippen molar-refractivity contribution in [2.24, 2.45) is 0 Å². The summed E-state index contributed by atoms with van der Waals surface area (Å²) in [5, 5.41) is 37.7. The first kappa shape index (κ1) is 108. The molecule has 20 rings (SSSR count). The van der Waals surface area contributed by atoms with Gasteiger partial charge in [0.25, 0.3) is 0 Å². The minimum atomic E-state index is -0.753. The number of hydrogen-bond acceptors (Lipinski definition) is 26. The van der Waals surface area contributed by atoms with Gasteiger partial charge in [0.05, 0.1) is 158 Å². The van der Waals surface area contributed by atoms with Crippen LogP contribution in [0.4, 0.5) is 0 Å². The van der Waals surface area contributed by atoms with Crippen LogP contribution in [0.15, 0.2) is 163 Å². The molecule has 746 valence electrons. The van der Waals surface area contributed by atoms with Crippen LogP contribution in [0.1, 0.15) is 275 Å². The fourth-order valence-corrected chi connectivity index (χ4v) is 19.4. The quantitative estimate of drug-likeness (QED) is 0.0979. The van der Waals surface area contributed by atoms with E-state index in [1.807, 2.05) is 184 Å². The Morgan fingerprint density at radius 1 is 0.213 bits per heavy atom. The third kappa shape index (κ3) is 26.6. The maximum atomic E-state index is 9.52. The van der Waals surface area contributed by atoms with Gasteiger partial charge in [-0.3, -0.25) is 0 Å². The van der Waals surface area contributed by atoms with Gasteiger partial charge in [-0.05, 0) is 259 Å². The molecule has 0 spiro atoms. The van der Waals surface area contributed by atoms with Crippen LogP contribution in [0.5, 0.6) is 0 Å². The van der Waals surface area contributed by atoms with E-state index < -0.39 is 61.6 Å². The lowest BCUT2D eigenvalue weighted by Gasteiger charge is -2.32. The number of fused-ring (bicyclic) bond motifs is 4. The van der Waals surface area contributed by atoms with Crippen molar-refractivity contribution in [3.8, 4) is 0 Å². The molecule has 14 aliphatic rings. The summed E-state index contributed by atoms with van der Waals surface area (Å²) >= 11 is 13.6. The highest BCUT2D eigenvalue weighted by atomic mass is 79.9. The topological polar surface area (TPSA) is 284 Å². The van der Waals surface area contributed by atoms with Crippen LogP contribution in [-0.2, 0) is 104 Å². The lowest BCUT2D eigenvalue weighted by Crippen LogP contribution is -2.41. The third-order valence-electron chi connectivity index (χ3n) is 28.9. The summed E-state index contributed by atoms with van der Waals surface area (Å²) in [4.78, 5) is 0. The second-order valence-corrected chi connectivity index (χ2v) is 47.1. The molecular weight excluding hydrogens is 2000 g/mol. The zero-order valence-electron chi connectivity index (χ0n) is 83.3. The van der Waals surface area contributed by atoms with E-state index in [0.717, 1.165) is 76.8 Å². The molecule has 14 heterocycles. The van der Waals surface area contributed by atoms with Gasteiger partial charge in [0.1, 0.15) is 36.6 Å². The Hall–Kier alpha value is -3.54. The largest absolute Gasteiger partial charge is 0.494 e. The molecule has 0 radical (unpaired) electrons. The molecule has 14 saturated heterocycles. The van der Waals surface area contributed by atoms with Gasteiger partial charge in [0.15, 0.2) is 23.1 Å². The molecule has 0 saturated carbocycles. The molecule has 14 aliphatic heterocycles. The van der Waals surface area contributed by atoms with Crippen molar-refractivity contribution in [1.82, 2.24) is 0 Å². The Labute approximate surface area is 839 Å². The molecule has 0 bridgehead atoms.